The van der Waals surface area contributed by atoms with Crippen molar-refractivity contribution in [2.45, 2.75) is 24.8 Å². The van der Waals surface area contributed by atoms with Gasteiger partial charge in [-0.2, -0.15) is 5.10 Å². The van der Waals surface area contributed by atoms with Crippen molar-refractivity contribution in [1.29, 1.82) is 0 Å². The molecule has 0 saturated heterocycles. The number of hydrogen-bond donors (Lipinski definition) is 1. The van der Waals surface area contributed by atoms with E-state index in [0.29, 0.717) is 0 Å². The molecule has 2 aromatic heterocycles. The maximum absolute atomic E-state index is 13.5. The van der Waals surface area contributed by atoms with Crippen molar-refractivity contribution < 1.29 is 4.39 Å². The lowest BCUT2D eigenvalue weighted by molar-refractivity contribution is 0.253. The van der Waals surface area contributed by atoms with E-state index in [0.717, 1.165) is 62.9 Å². The van der Waals surface area contributed by atoms with Crippen molar-refractivity contribution in [1.82, 2.24) is 14.6 Å². The van der Waals surface area contributed by atoms with Crippen LogP contribution in [-0.2, 0) is 5.54 Å². The number of halogens is 1. The molecule has 4 aromatic carbocycles. The SMILES string of the molecule is NC1(c2ccc(-c3nc4c5cc(-c6ccc(F)cc6)ccc5nn4cc3-c3ccccc3)cc2)CCC1. The summed E-state index contributed by atoms with van der Waals surface area (Å²) in [5, 5.41) is 5.78. The Balaban J connectivity index is 1.42. The smallest absolute Gasteiger partial charge is 0.163 e. The highest BCUT2D eigenvalue weighted by atomic mass is 19.1. The van der Waals surface area contributed by atoms with Gasteiger partial charge in [0.25, 0.3) is 0 Å². The Morgan fingerprint density at radius 1 is 0.757 bits per heavy atom. The largest absolute Gasteiger partial charge is 0.321 e. The summed E-state index contributed by atoms with van der Waals surface area (Å²) in [4.78, 5) is 5.19. The van der Waals surface area contributed by atoms with E-state index in [-0.39, 0.29) is 11.4 Å². The third kappa shape index (κ3) is 3.71. The number of hydrogen-bond acceptors (Lipinski definition) is 3. The van der Waals surface area contributed by atoms with E-state index >= 15 is 0 Å². The monoisotopic (exact) mass is 484 g/mol. The maximum Gasteiger partial charge on any atom is 0.163 e. The Morgan fingerprint density at radius 2 is 1.46 bits per heavy atom. The Hall–Kier alpha value is -4.35. The second-order valence-corrected chi connectivity index (χ2v) is 9.96. The van der Waals surface area contributed by atoms with Gasteiger partial charge in [0, 0.05) is 28.2 Å². The van der Waals surface area contributed by atoms with Crippen LogP contribution in [0.4, 0.5) is 4.39 Å². The van der Waals surface area contributed by atoms with Crippen LogP contribution < -0.4 is 5.73 Å². The predicted octanol–water partition coefficient (Wildman–Crippen LogP) is 7.36. The minimum Gasteiger partial charge on any atom is -0.321 e. The van der Waals surface area contributed by atoms with Gasteiger partial charge in [-0.1, -0.05) is 72.8 Å². The predicted molar refractivity (Wildman–Crippen MR) is 146 cm³/mol. The summed E-state index contributed by atoms with van der Waals surface area (Å²) in [5.74, 6) is -0.246. The van der Waals surface area contributed by atoms with Gasteiger partial charge in [0.05, 0.1) is 11.2 Å². The van der Waals surface area contributed by atoms with Gasteiger partial charge >= 0.3 is 0 Å². The zero-order chi connectivity index (χ0) is 25.0. The highest BCUT2D eigenvalue weighted by Gasteiger charge is 2.34. The zero-order valence-corrected chi connectivity index (χ0v) is 20.2. The Kier molecular flexibility index (Phi) is 4.94. The number of rotatable bonds is 4. The van der Waals surface area contributed by atoms with E-state index in [1.54, 1.807) is 12.1 Å². The molecule has 7 rings (SSSR count). The summed E-state index contributed by atoms with van der Waals surface area (Å²) in [6.45, 7) is 0. The number of fused-ring (bicyclic) bond motifs is 3. The first-order valence-electron chi connectivity index (χ1n) is 12.6. The van der Waals surface area contributed by atoms with Crippen LogP contribution >= 0.6 is 0 Å². The second kappa shape index (κ2) is 8.36. The van der Waals surface area contributed by atoms with E-state index in [4.69, 9.17) is 15.8 Å². The quantitative estimate of drug-likeness (QED) is 0.284. The van der Waals surface area contributed by atoms with Crippen molar-refractivity contribution in [2.75, 3.05) is 0 Å². The average Bonchev–Trinajstić information content (AvgIpc) is 3.29. The van der Waals surface area contributed by atoms with Crippen LogP contribution in [0.1, 0.15) is 24.8 Å². The van der Waals surface area contributed by atoms with Crippen LogP contribution in [0.3, 0.4) is 0 Å². The van der Waals surface area contributed by atoms with E-state index < -0.39 is 0 Å². The fourth-order valence-electron chi connectivity index (χ4n) is 5.32. The molecule has 0 atom stereocenters. The Morgan fingerprint density at radius 3 is 2.16 bits per heavy atom. The molecule has 180 valence electrons. The third-order valence-electron chi connectivity index (χ3n) is 7.64. The highest BCUT2D eigenvalue weighted by Crippen LogP contribution is 2.40. The lowest BCUT2D eigenvalue weighted by Crippen LogP contribution is -2.43. The molecular formula is C32H25FN4. The first kappa shape index (κ1) is 21.9. The van der Waals surface area contributed by atoms with Crippen molar-refractivity contribution in [3.05, 3.63) is 115 Å². The molecule has 6 aromatic rings. The average molecular weight is 485 g/mol. The van der Waals surface area contributed by atoms with Crippen molar-refractivity contribution in [2.24, 2.45) is 5.73 Å². The van der Waals surface area contributed by atoms with E-state index in [1.165, 1.54) is 24.1 Å². The Bertz CT molecular complexity index is 1750. The minimum absolute atomic E-state index is 0.198. The molecule has 0 unspecified atom stereocenters. The maximum atomic E-state index is 13.5. The molecule has 0 aliphatic heterocycles. The van der Waals surface area contributed by atoms with Gasteiger partial charge in [-0.25, -0.2) is 13.9 Å². The molecule has 5 heteroatoms. The van der Waals surface area contributed by atoms with Gasteiger partial charge in [-0.05, 0) is 65.8 Å². The number of aromatic nitrogens is 3. The fourth-order valence-corrected chi connectivity index (χ4v) is 5.32. The molecular weight excluding hydrogens is 459 g/mol. The van der Waals surface area contributed by atoms with Crippen LogP contribution in [0.2, 0.25) is 0 Å². The van der Waals surface area contributed by atoms with Crippen molar-refractivity contribution in [3.63, 3.8) is 0 Å². The molecule has 2 heterocycles. The van der Waals surface area contributed by atoms with Gasteiger partial charge in [-0.15, -0.1) is 0 Å². The molecule has 0 radical (unpaired) electrons. The summed E-state index contributed by atoms with van der Waals surface area (Å²) in [6, 6.07) is 31.5. The van der Waals surface area contributed by atoms with Gasteiger partial charge in [-0.3, -0.25) is 0 Å². The van der Waals surface area contributed by atoms with Crippen LogP contribution in [0.15, 0.2) is 103 Å². The summed E-state index contributed by atoms with van der Waals surface area (Å²) >= 11 is 0. The molecule has 0 amide bonds. The topological polar surface area (TPSA) is 56.2 Å². The number of benzene rings is 4. The Labute approximate surface area is 214 Å². The van der Waals surface area contributed by atoms with E-state index in [2.05, 4.69) is 48.7 Å². The van der Waals surface area contributed by atoms with E-state index in [9.17, 15) is 4.39 Å². The standard InChI is InChI=1S/C32H25FN4/c33-26-14-9-21(10-15-26)24-11-16-29-27(19-24)31-35-30(23-7-12-25(13-8-23)32(34)17-4-18-32)28(20-37(31)36-29)22-5-2-1-3-6-22/h1-3,5-16,19-20H,4,17-18,34H2. The van der Waals surface area contributed by atoms with Crippen LogP contribution in [0.25, 0.3) is 50.1 Å². The van der Waals surface area contributed by atoms with Crippen LogP contribution in [0.5, 0.6) is 0 Å². The normalized spacial score (nSPS) is 14.6. The minimum atomic E-state index is -0.246. The molecule has 37 heavy (non-hydrogen) atoms. The molecule has 1 aliphatic rings. The van der Waals surface area contributed by atoms with Gasteiger partial charge in [0.15, 0.2) is 5.65 Å². The van der Waals surface area contributed by atoms with E-state index in [1.807, 2.05) is 34.8 Å². The lowest BCUT2D eigenvalue weighted by Gasteiger charge is -2.38. The van der Waals surface area contributed by atoms with Gasteiger partial charge in [0.1, 0.15) is 5.82 Å². The first-order valence-corrected chi connectivity index (χ1v) is 12.6. The molecule has 1 fully saturated rings. The third-order valence-corrected chi connectivity index (χ3v) is 7.64. The molecule has 2 N–H and O–H groups in total. The summed E-state index contributed by atoms with van der Waals surface area (Å²) in [5.41, 5.74) is 15.2. The highest BCUT2D eigenvalue weighted by molar-refractivity contribution is 5.97. The molecule has 0 bridgehead atoms. The fraction of sp³-hybridized carbons (Fsp3) is 0.125. The zero-order valence-electron chi connectivity index (χ0n) is 20.2. The molecule has 1 aliphatic carbocycles. The molecule has 4 nitrogen and oxygen atoms in total. The van der Waals surface area contributed by atoms with Crippen molar-refractivity contribution in [3.8, 4) is 33.5 Å². The van der Waals surface area contributed by atoms with Crippen molar-refractivity contribution >= 4 is 16.6 Å². The summed E-state index contributed by atoms with van der Waals surface area (Å²) in [6.07, 6.45) is 5.31. The van der Waals surface area contributed by atoms with Gasteiger partial charge in [0.2, 0.25) is 0 Å². The van der Waals surface area contributed by atoms with Crippen LogP contribution in [0, 0.1) is 5.82 Å². The molecule has 0 spiro atoms. The summed E-state index contributed by atoms with van der Waals surface area (Å²) < 4.78 is 15.3. The second-order valence-electron chi connectivity index (χ2n) is 9.96. The number of nitrogens with two attached hydrogens (primary N) is 1. The number of nitrogens with zero attached hydrogens (tertiary/aromatic N) is 3. The summed E-state index contributed by atoms with van der Waals surface area (Å²) in [7, 11) is 0. The first-order chi connectivity index (χ1) is 18.1. The molecule has 1 saturated carbocycles. The van der Waals surface area contributed by atoms with Gasteiger partial charge < -0.3 is 5.73 Å². The van der Waals surface area contributed by atoms with Crippen LogP contribution in [-0.4, -0.2) is 14.6 Å². The lowest BCUT2D eigenvalue weighted by atomic mass is 9.72.